The quantitative estimate of drug-likeness (QED) is 0.399. The first kappa shape index (κ1) is 19.9. The van der Waals surface area contributed by atoms with E-state index >= 15 is 0 Å². The maximum Gasteiger partial charge on any atom is 0.222 e. The molecule has 0 heterocycles. The second kappa shape index (κ2) is 12.6. The summed E-state index contributed by atoms with van der Waals surface area (Å²) < 4.78 is 0. The van der Waals surface area contributed by atoms with Gasteiger partial charge >= 0.3 is 0 Å². The molecule has 0 rings (SSSR count). The Kier molecular flexibility index (Phi) is 12.5. The summed E-state index contributed by atoms with van der Waals surface area (Å²) in [7, 11) is 8.31. The lowest BCUT2D eigenvalue weighted by atomic mass is 10.2. The van der Waals surface area contributed by atoms with Crippen LogP contribution >= 0.6 is 15.9 Å². The van der Waals surface area contributed by atoms with Crippen molar-refractivity contribution in [3.05, 3.63) is 0 Å². The Morgan fingerprint density at radius 1 is 0.800 bits per heavy atom. The van der Waals surface area contributed by atoms with Crippen molar-refractivity contribution in [2.45, 2.75) is 32.1 Å². The fourth-order valence-electron chi connectivity index (χ4n) is 2.05. The number of nitrogens with zero attached hydrogens (tertiary/aromatic N) is 3. The van der Waals surface area contributed by atoms with Crippen molar-refractivity contribution < 1.29 is 4.79 Å². The highest BCUT2D eigenvalue weighted by Crippen LogP contribution is 2.05. The van der Waals surface area contributed by atoms with Crippen LogP contribution in [-0.4, -0.2) is 80.3 Å². The average molecular weight is 350 g/mol. The third-order valence-electron chi connectivity index (χ3n) is 3.19. The van der Waals surface area contributed by atoms with E-state index in [1.165, 1.54) is 0 Å². The molecule has 5 heteroatoms. The Bertz CT molecular complexity index is 233. The van der Waals surface area contributed by atoms with E-state index < -0.39 is 0 Å². The zero-order chi connectivity index (χ0) is 15.4. The van der Waals surface area contributed by atoms with E-state index in [0.29, 0.717) is 12.3 Å². The van der Waals surface area contributed by atoms with E-state index in [4.69, 9.17) is 0 Å². The SMILES string of the molecule is CN(C)CCCN(CCCN(C)C)C(=O)CCCCBr. The molecular formula is C15H32BrN3O. The van der Waals surface area contributed by atoms with Crippen LogP contribution in [-0.2, 0) is 4.79 Å². The fraction of sp³-hybridized carbons (Fsp3) is 0.933. The van der Waals surface area contributed by atoms with Gasteiger partial charge in [0.1, 0.15) is 0 Å². The molecule has 1 amide bonds. The third kappa shape index (κ3) is 11.7. The monoisotopic (exact) mass is 349 g/mol. The number of unbranched alkanes of at least 4 members (excludes halogenated alkanes) is 1. The molecule has 0 unspecified atom stereocenters. The first-order chi connectivity index (χ1) is 9.47. The molecule has 0 aromatic rings. The van der Waals surface area contributed by atoms with Crippen molar-refractivity contribution in [1.29, 1.82) is 0 Å². The summed E-state index contributed by atoms with van der Waals surface area (Å²) in [6.45, 7) is 3.86. The molecular weight excluding hydrogens is 318 g/mol. The summed E-state index contributed by atoms with van der Waals surface area (Å²) in [5.41, 5.74) is 0. The van der Waals surface area contributed by atoms with Crippen molar-refractivity contribution in [3.8, 4) is 0 Å². The van der Waals surface area contributed by atoms with Crippen LogP contribution in [0, 0.1) is 0 Å². The number of halogens is 1. The van der Waals surface area contributed by atoms with Crippen LogP contribution < -0.4 is 0 Å². The highest BCUT2D eigenvalue weighted by Gasteiger charge is 2.12. The van der Waals surface area contributed by atoms with Gasteiger partial charge in [0.25, 0.3) is 0 Å². The van der Waals surface area contributed by atoms with Crippen LogP contribution in [0.4, 0.5) is 0 Å². The second-order valence-corrected chi connectivity index (χ2v) is 6.63. The maximum absolute atomic E-state index is 12.3. The highest BCUT2D eigenvalue weighted by atomic mass is 79.9. The molecule has 0 aromatic heterocycles. The Hall–Kier alpha value is -0.130. The standard InChI is InChI=1S/C15H32BrN3O/c1-17(2)11-7-13-19(14-8-12-18(3)4)15(20)9-5-6-10-16/h5-14H2,1-4H3. The molecule has 0 atom stereocenters. The molecule has 0 saturated carbocycles. The Morgan fingerprint density at radius 2 is 1.30 bits per heavy atom. The Balaban J connectivity index is 4.11. The molecule has 0 aliphatic rings. The number of carbonyl (C=O) groups excluding carboxylic acids is 1. The van der Waals surface area contributed by atoms with Crippen LogP contribution in [0.2, 0.25) is 0 Å². The summed E-state index contributed by atoms with van der Waals surface area (Å²) in [4.78, 5) is 18.7. The molecule has 0 saturated heterocycles. The van der Waals surface area contributed by atoms with Crippen LogP contribution in [0.1, 0.15) is 32.1 Å². The van der Waals surface area contributed by atoms with Crippen molar-refractivity contribution in [2.24, 2.45) is 0 Å². The lowest BCUT2D eigenvalue weighted by Gasteiger charge is -2.24. The molecule has 20 heavy (non-hydrogen) atoms. The predicted octanol–water partition coefficient (Wildman–Crippen LogP) is 2.28. The maximum atomic E-state index is 12.3. The summed E-state index contributed by atoms with van der Waals surface area (Å²) in [6.07, 6.45) is 4.87. The number of rotatable bonds is 12. The number of hydrogen-bond acceptors (Lipinski definition) is 3. The second-order valence-electron chi connectivity index (χ2n) is 5.84. The van der Waals surface area contributed by atoms with E-state index in [1.54, 1.807) is 0 Å². The molecule has 0 N–H and O–H groups in total. The number of carbonyl (C=O) groups is 1. The highest BCUT2D eigenvalue weighted by molar-refractivity contribution is 9.09. The van der Waals surface area contributed by atoms with E-state index in [0.717, 1.165) is 57.2 Å². The molecule has 0 radical (unpaired) electrons. The number of alkyl halides is 1. The average Bonchev–Trinajstić information content (AvgIpc) is 2.36. The first-order valence-electron chi connectivity index (χ1n) is 7.60. The molecule has 0 spiro atoms. The molecule has 4 nitrogen and oxygen atoms in total. The van der Waals surface area contributed by atoms with Gasteiger partial charge in [-0.2, -0.15) is 0 Å². The van der Waals surface area contributed by atoms with Gasteiger partial charge in [-0.05, 0) is 67.0 Å². The van der Waals surface area contributed by atoms with Crippen molar-refractivity contribution in [2.75, 3.05) is 59.7 Å². The minimum atomic E-state index is 0.323. The van der Waals surface area contributed by atoms with Gasteiger partial charge in [-0.15, -0.1) is 0 Å². The van der Waals surface area contributed by atoms with E-state index in [9.17, 15) is 4.79 Å². The summed E-state index contributed by atoms with van der Waals surface area (Å²) in [5.74, 6) is 0.323. The van der Waals surface area contributed by atoms with Crippen molar-refractivity contribution in [3.63, 3.8) is 0 Å². The molecule has 0 bridgehead atoms. The molecule has 0 fully saturated rings. The Morgan fingerprint density at radius 3 is 1.70 bits per heavy atom. The molecule has 120 valence electrons. The topological polar surface area (TPSA) is 26.8 Å². The molecule has 0 aromatic carbocycles. The largest absolute Gasteiger partial charge is 0.343 e. The third-order valence-corrected chi connectivity index (χ3v) is 3.75. The normalized spacial score (nSPS) is 11.3. The van der Waals surface area contributed by atoms with Gasteiger partial charge in [0, 0.05) is 24.8 Å². The van der Waals surface area contributed by atoms with Gasteiger partial charge in [-0.3, -0.25) is 4.79 Å². The minimum Gasteiger partial charge on any atom is -0.343 e. The lowest BCUT2D eigenvalue weighted by Crippen LogP contribution is -2.35. The van der Waals surface area contributed by atoms with Crippen LogP contribution in [0.3, 0.4) is 0 Å². The van der Waals surface area contributed by atoms with Gasteiger partial charge in [-0.25, -0.2) is 0 Å². The zero-order valence-corrected chi connectivity index (χ0v) is 15.3. The summed E-state index contributed by atoms with van der Waals surface area (Å²) in [5, 5.41) is 0.988. The first-order valence-corrected chi connectivity index (χ1v) is 8.72. The zero-order valence-electron chi connectivity index (χ0n) is 13.7. The van der Waals surface area contributed by atoms with Gasteiger partial charge in [0.15, 0.2) is 0 Å². The lowest BCUT2D eigenvalue weighted by molar-refractivity contribution is -0.131. The number of amides is 1. The van der Waals surface area contributed by atoms with Crippen LogP contribution in [0.25, 0.3) is 0 Å². The summed E-state index contributed by atoms with van der Waals surface area (Å²) >= 11 is 3.42. The minimum absolute atomic E-state index is 0.323. The van der Waals surface area contributed by atoms with Gasteiger partial charge in [-0.1, -0.05) is 15.9 Å². The van der Waals surface area contributed by atoms with Gasteiger partial charge < -0.3 is 14.7 Å². The smallest absolute Gasteiger partial charge is 0.222 e. The predicted molar refractivity (Wildman–Crippen MR) is 90.6 cm³/mol. The fourth-order valence-corrected chi connectivity index (χ4v) is 2.44. The summed E-state index contributed by atoms with van der Waals surface area (Å²) in [6, 6.07) is 0. The van der Waals surface area contributed by atoms with Gasteiger partial charge in [0.05, 0.1) is 0 Å². The van der Waals surface area contributed by atoms with E-state index in [2.05, 4.69) is 58.8 Å². The number of hydrogen-bond donors (Lipinski definition) is 0. The van der Waals surface area contributed by atoms with Crippen LogP contribution in [0.15, 0.2) is 0 Å². The van der Waals surface area contributed by atoms with Crippen molar-refractivity contribution in [1.82, 2.24) is 14.7 Å². The molecule has 0 aliphatic carbocycles. The Labute approximate surface area is 133 Å². The van der Waals surface area contributed by atoms with Crippen LogP contribution in [0.5, 0.6) is 0 Å². The molecule has 0 aliphatic heterocycles. The van der Waals surface area contributed by atoms with E-state index in [-0.39, 0.29) is 0 Å². The van der Waals surface area contributed by atoms with E-state index in [1.807, 2.05) is 0 Å². The van der Waals surface area contributed by atoms with Crippen molar-refractivity contribution >= 4 is 21.8 Å². The van der Waals surface area contributed by atoms with Gasteiger partial charge in [0.2, 0.25) is 5.91 Å².